The van der Waals surface area contributed by atoms with Gasteiger partial charge in [0.15, 0.2) is 0 Å². The van der Waals surface area contributed by atoms with Crippen LogP contribution in [0.3, 0.4) is 0 Å². The molecule has 3 aromatic rings. The molecule has 146 valence electrons. The van der Waals surface area contributed by atoms with Crippen molar-refractivity contribution < 1.29 is 18.8 Å². The first kappa shape index (κ1) is 20.0. The molecule has 7 nitrogen and oxygen atoms in total. The van der Waals surface area contributed by atoms with E-state index >= 15 is 0 Å². The Bertz CT molecular complexity index is 974. The van der Waals surface area contributed by atoms with Crippen LogP contribution in [-0.4, -0.2) is 30.3 Å². The number of aromatic nitrogens is 2. The Balaban J connectivity index is 1.63. The predicted molar refractivity (Wildman–Crippen MR) is 106 cm³/mol. The molecule has 1 N–H and O–H groups in total. The molecule has 1 aromatic heterocycles. The van der Waals surface area contributed by atoms with E-state index < -0.39 is 0 Å². The summed E-state index contributed by atoms with van der Waals surface area (Å²) < 4.78 is 15.6. The molecule has 0 aliphatic heterocycles. The Hall–Kier alpha value is -2.77. The summed E-state index contributed by atoms with van der Waals surface area (Å²) in [6.07, 6.45) is 0.440. The zero-order chi connectivity index (χ0) is 20.1. The predicted octanol–water partition coefficient (Wildman–Crippen LogP) is 4.63. The molecule has 1 amide bonds. The van der Waals surface area contributed by atoms with Crippen molar-refractivity contribution in [3.8, 4) is 22.9 Å². The molecular formula is C19H17Cl2N3O4. The van der Waals surface area contributed by atoms with Crippen LogP contribution in [0.25, 0.3) is 11.4 Å². The van der Waals surface area contributed by atoms with Crippen molar-refractivity contribution in [2.45, 2.75) is 12.8 Å². The minimum Gasteiger partial charge on any atom is -0.495 e. The molecule has 1 heterocycles. The zero-order valence-corrected chi connectivity index (χ0v) is 16.7. The lowest BCUT2D eigenvalue weighted by atomic mass is 10.2. The van der Waals surface area contributed by atoms with Gasteiger partial charge in [-0.1, -0.05) is 28.4 Å². The number of aryl methyl sites for hydroxylation is 1. The SMILES string of the molecule is COc1cc(NC(=O)CCc2nc(-c3ccc(Cl)cc3)no2)c(OC)cc1Cl. The highest BCUT2D eigenvalue weighted by atomic mass is 35.5. The van der Waals surface area contributed by atoms with Gasteiger partial charge in [-0.15, -0.1) is 0 Å². The van der Waals surface area contributed by atoms with Gasteiger partial charge in [0.1, 0.15) is 11.5 Å². The second kappa shape index (κ2) is 8.95. The second-order valence-corrected chi connectivity index (χ2v) is 6.60. The standard InChI is InChI=1S/C19H17Cl2N3O4/c1-26-15-10-14(16(27-2)9-13(15)21)22-17(25)7-8-18-23-19(24-28-18)11-3-5-12(20)6-4-11/h3-6,9-10H,7-8H2,1-2H3,(H,22,25). The van der Waals surface area contributed by atoms with Crippen molar-refractivity contribution in [1.29, 1.82) is 0 Å². The Morgan fingerprint density at radius 3 is 2.50 bits per heavy atom. The van der Waals surface area contributed by atoms with E-state index in [0.29, 0.717) is 45.4 Å². The van der Waals surface area contributed by atoms with Gasteiger partial charge in [-0.05, 0) is 24.3 Å². The molecule has 2 aromatic carbocycles. The highest BCUT2D eigenvalue weighted by Crippen LogP contribution is 2.35. The maximum atomic E-state index is 12.3. The number of methoxy groups -OCH3 is 2. The van der Waals surface area contributed by atoms with E-state index in [9.17, 15) is 4.79 Å². The van der Waals surface area contributed by atoms with E-state index in [1.807, 2.05) is 0 Å². The minimum absolute atomic E-state index is 0.149. The number of nitrogens with one attached hydrogen (secondary N) is 1. The molecule has 0 saturated carbocycles. The summed E-state index contributed by atoms with van der Waals surface area (Å²) in [6.45, 7) is 0. The molecule has 0 unspecified atom stereocenters. The van der Waals surface area contributed by atoms with Crippen molar-refractivity contribution in [2.75, 3.05) is 19.5 Å². The molecule has 0 fully saturated rings. The summed E-state index contributed by atoms with van der Waals surface area (Å²) in [7, 11) is 2.98. The lowest BCUT2D eigenvalue weighted by Crippen LogP contribution is -2.13. The fourth-order valence-electron chi connectivity index (χ4n) is 2.46. The van der Waals surface area contributed by atoms with Crippen LogP contribution in [0.2, 0.25) is 10.0 Å². The average molecular weight is 422 g/mol. The number of carbonyl (C=O) groups is 1. The van der Waals surface area contributed by atoms with E-state index in [1.54, 1.807) is 36.4 Å². The van der Waals surface area contributed by atoms with E-state index in [4.69, 9.17) is 37.2 Å². The summed E-state index contributed by atoms with van der Waals surface area (Å²) >= 11 is 11.9. The molecule has 28 heavy (non-hydrogen) atoms. The van der Waals surface area contributed by atoms with Gasteiger partial charge >= 0.3 is 0 Å². The summed E-state index contributed by atoms with van der Waals surface area (Å²) in [5.74, 6) is 1.43. The van der Waals surface area contributed by atoms with E-state index in [0.717, 1.165) is 5.56 Å². The maximum absolute atomic E-state index is 12.3. The molecular weight excluding hydrogens is 405 g/mol. The molecule has 0 atom stereocenters. The molecule has 0 saturated heterocycles. The third-order valence-corrected chi connectivity index (χ3v) is 4.43. The fourth-order valence-corrected chi connectivity index (χ4v) is 2.82. The maximum Gasteiger partial charge on any atom is 0.227 e. The quantitative estimate of drug-likeness (QED) is 0.598. The Morgan fingerprint density at radius 2 is 1.82 bits per heavy atom. The number of nitrogens with zero attached hydrogens (tertiary/aromatic N) is 2. The van der Waals surface area contributed by atoms with Gasteiger partial charge in [0.05, 0.1) is 24.9 Å². The molecule has 3 rings (SSSR count). The van der Waals surface area contributed by atoms with Gasteiger partial charge in [0, 0.05) is 35.6 Å². The van der Waals surface area contributed by atoms with Gasteiger partial charge in [0.25, 0.3) is 0 Å². The molecule has 0 bridgehead atoms. The number of anilines is 1. The van der Waals surface area contributed by atoms with Crippen molar-refractivity contribution in [1.82, 2.24) is 10.1 Å². The van der Waals surface area contributed by atoms with E-state index in [2.05, 4.69) is 15.5 Å². The number of hydrogen-bond acceptors (Lipinski definition) is 6. The van der Waals surface area contributed by atoms with Crippen LogP contribution in [0.15, 0.2) is 40.9 Å². The first-order chi connectivity index (χ1) is 13.5. The Labute approximate surface area is 171 Å². The number of carbonyl (C=O) groups excluding carboxylic acids is 1. The smallest absolute Gasteiger partial charge is 0.227 e. The number of amides is 1. The zero-order valence-electron chi connectivity index (χ0n) is 15.2. The number of benzene rings is 2. The summed E-state index contributed by atoms with van der Waals surface area (Å²) in [5, 5.41) is 7.71. The van der Waals surface area contributed by atoms with Gasteiger partial charge in [-0.25, -0.2) is 0 Å². The molecule has 9 heteroatoms. The van der Waals surface area contributed by atoms with Crippen molar-refractivity contribution in [3.63, 3.8) is 0 Å². The molecule has 0 aliphatic rings. The summed E-state index contributed by atoms with van der Waals surface area (Å²) in [5.41, 5.74) is 1.24. The third kappa shape index (κ3) is 4.74. The fraction of sp³-hybridized carbons (Fsp3) is 0.211. The van der Waals surface area contributed by atoms with Crippen molar-refractivity contribution in [3.05, 3.63) is 52.3 Å². The summed E-state index contributed by atoms with van der Waals surface area (Å²) in [6, 6.07) is 10.3. The van der Waals surface area contributed by atoms with Crippen LogP contribution in [0, 0.1) is 0 Å². The Kier molecular flexibility index (Phi) is 6.38. The first-order valence-electron chi connectivity index (χ1n) is 8.30. The second-order valence-electron chi connectivity index (χ2n) is 5.75. The van der Waals surface area contributed by atoms with Crippen LogP contribution in [0.5, 0.6) is 11.5 Å². The minimum atomic E-state index is -0.242. The largest absolute Gasteiger partial charge is 0.495 e. The van der Waals surface area contributed by atoms with E-state index in [1.165, 1.54) is 14.2 Å². The van der Waals surface area contributed by atoms with E-state index in [-0.39, 0.29) is 12.3 Å². The molecule has 0 radical (unpaired) electrons. The summed E-state index contributed by atoms with van der Waals surface area (Å²) in [4.78, 5) is 16.6. The van der Waals surface area contributed by atoms with Gasteiger partial charge in [-0.2, -0.15) is 4.98 Å². The third-order valence-electron chi connectivity index (χ3n) is 3.88. The molecule has 0 spiro atoms. The van der Waals surface area contributed by atoms with Gasteiger partial charge in [-0.3, -0.25) is 4.79 Å². The van der Waals surface area contributed by atoms with Crippen LogP contribution in [-0.2, 0) is 11.2 Å². The van der Waals surface area contributed by atoms with Crippen LogP contribution in [0.4, 0.5) is 5.69 Å². The Morgan fingerprint density at radius 1 is 1.11 bits per heavy atom. The van der Waals surface area contributed by atoms with Crippen LogP contribution < -0.4 is 14.8 Å². The van der Waals surface area contributed by atoms with Crippen LogP contribution in [0.1, 0.15) is 12.3 Å². The lowest BCUT2D eigenvalue weighted by molar-refractivity contribution is -0.116. The van der Waals surface area contributed by atoms with Gasteiger partial charge < -0.3 is 19.3 Å². The normalized spacial score (nSPS) is 10.6. The number of ether oxygens (including phenoxy) is 2. The number of rotatable bonds is 7. The molecule has 0 aliphatic carbocycles. The lowest BCUT2D eigenvalue weighted by Gasteiger charge is -2.12. The topological polar surface area (TPSA) is 86.5 Å². The highest BCUT2D eigenvalue weighted by molar-refractivity contribution is 6.32. The number of halogens is 2. The monoisotopic (exact) mass is 421 g/mol. The highest BCUT2D eigenvalue weighted by Gasteiger charge is 2.14. The van der Waals surface area contributed by atoms with Crippen molar-refractivity contribution in [2.24, 2.45) is 0 Å². The van der Waals surface area contributed by atoms with Crippen molar-refractivity contribution >= 4 is 34.8 Å². The number of hydrogen-bond donors (Lipinski definition) is 1. The average Bonchev–Trinajstić information content (AvgIpc) is 3.17. The van der Waals surface area contributed by atoms with Crippen LogP contribution >= 0.6 is 23.2 Å². The first-order valence-corrected chi connectivity index (χ1v) is 9.05. The van der Waals surface area contributed by atoms with Gasteiger partial charge in [0.2, 0.25) is 17.6 Å².